The number of non-ortho nitro benzene ring substituents is 1. The number of carbonyl (C=O) groups is 1. The standard InChI is InChI=1S/C25H25N5O5/c1-25(2)12-19-21(20(31)13-25)22(14-6-5-7-16(8-14)30(32)33)29-24(26-19)27-23(28-29)15-9-17(34-3)11-18(10-15)35-4/h5-11,22H,12-13H2,1-4H3,(H,26,27,28). The van der Waals surface area contributed by atoms with Crippen LogP contribution in [0.25, 0.3) is 11.4 Å². The maximum absolute atomic E-state index is 13.4. The highest BCUT2D eigenvalue weighted by atomic mass is 16.6. The van der Waals surface area contributed by atoms with Crippen LogP contribution in [0.3, 0.4) is 0 Å². The lowest BCUT2D eigenvalue weighted by molar-refractivity contribution is -0.384. The number of nitrogens with one attached hydrogen (secondary N) is 1. The molecule has 0 saturated heterocycles. The van der Waals surface area contributed by atoms with Gasteiger partial charge in [-0.1, -0.05) is 26.0 Å². The van der Waals surface area contributed by atoms with Crippen molar-refractivity contribution in [2.45, 2.75) is 32.7 Å². The van der Waals surface area contributed by atoms with E-state index in [1.807, 2.05) is 13.8 Å². The van der Waals surface area contributed by atoms with E-state index in [4.69, 9.17) is 19.6 Å². The van der Waals surface area contributed by atoms with Crippen molar-refractivity contribution < 1.29 is 19.2 Å². The number of methoxy groups -OCH3 is 2. The van der Waals surface area contributed by atoms with Gasteiger partial charge in [0.1, 0.15) is 17.5 Å². The Morgan fingerprint density at radius 2 is 1.83 bits per heavy atom. The van der Waals surface area contributed by atoms with E-state index in [2.05, 4.69) is 5.32 Å². The zero-order valence-corrected chi connectivity index (χ0v) is 19.9. The number of nitro benzene ring substituents is 1. The summed E-state index contributed by atoms with van der Waals surface area (Å²) in [5.41, 5.74) is 2.34. The summed E-state index contributed by atoms with van der Waals surface area (Å²) in [5.74, 6) is 2.04. The molecule has 2 heterocycles. The van der Waals surface area contributed by atoms with Crippen molar-refractivity contribution in [1.82, 2.24) is 14.8 Å². The smallest absolute Gasteiger partial charge is 0.269 e. The van der Waals surface area contributed by atoms with Gasteiger partial charge in [-0.25, -0.2) is 4.68 Å². The van der Waals surface area contributed by atoms with Gasteiger partial charge in [-0.3, -0.25) is 14.9 Å². The second-order valence-corrected chi connectivity index (χ2v) is 9.52. The second-order valence-electron chi connectivity index (χ2n) is 9.52. The highest BCUT2D eigenvalue weighted by Gasteiger charge is 2.42. The van der Waals surface area contributed by atoms with Crippen molar-refractivity contribution in [2.24, 2.45) is 5.41 Å². The molecule has 0 bridgehead atoms. The fourth-order valence-electron chi connectivity index (χ4n) is 4.78. The fraction of sp³-hybridized carbons (Fsp3) is 0.320. The molecule has 2 aromatic carbocycles. The van der Waals surface area contributed by atoms with Crippen LogP contribution in [-0.4, -0.2) is 39.7 Å². The van der Waals surface area contributed by atoms with Gasteiger partial charge in [-0.15, -0.1) is 5.10 Å². The minimum Gasteiger partial charge on any atom is -0.497 e. The number of hydrogen-bond acceptors (Lipinski definition) is 8. The number of Topliss-reactive ketones (excluding diaryl/α,β-unsaturated/α-hetero) is 1. The maximum Gasteiger partial charge on any atom is 0.269 e. The predicted molar refractivity (Wildman–Crippen MR) is 128 cm³/mol. The average molecular weight is 476 g/mol. The average Bonchev–Trinajstić information content (AvgIpc) is 3.25. The van der Waals surface area contributed by atoms with Gasteiger partial charge in [0.2, 0.25) is 5.95 Å². The number of aromatic nitrogens is 3. The Morgan fingerprint density at radius 1 is 1.11 bits per heavy atom. The van der Waals surface area contributed by atoms with Gasteiger partial charge in [0.25, 0.3) is 5.69 Å². The van der Waals surface area contributed by atoms with Crippen molar-refractivity contribution in [3.05, 3.63) is 69.4 Å². The molecule has 5 rings (SSSR count). The largest absolute Gasteiger partial charge is 0.497 e. The first kappa shape index (κ1) is 22.6. The Labute approximate surface area is 201 Å². The lowest BCUT2D eigenvalue weighted by Gasteiger charge is -2.38. The molecule has 2 aliphatic rings. The number of nitrogens with zero attached hydrogens (tertiary/aromatic N) is 4. The van der Waals surface area contributed by atoms with E-state index in [1.165, 1.54) is 12.1 Å². The topological polar surface area (TPSA) is 121 Å². The molecule has 1 aromatic heterocycles. The van der Waals surface area contributed by atoms with Crippen LogP contribution in [0.15, 0.2) is 53.7 Å². The third kappa shape index (κ3) is 4.01. The summed E-state index contributed by atoms with van der Waals surface area (Å²) in [4.78, 5) is 29.1. The monoisotopic (exact) mass is 475 g/mol. The van der Waals surface area contributed by atoms with Crippen LogP contribution >= 0.6 is 0 Å². The van der Waals surface area contributed by atoms with Crippen molar-refractivity contribution in [1.29, 1.82) is 0 Å². The SMILES string of the molecule is COc1cc(OC)cc(-c2nc3n(n2)C(c2cccc([N+](=O)[O-])c2)C2=C(CC(C)(C)CC2=O)N3)c1. The highest BCUT2D eigenvalue weighted by molar-refractivity contribution is 6.00. The van der Waals surface area contributed by atoms with Crippen LogP contribution in [0.2, 0.25) is 0 Å². The molecule has 35 heavy (non-hydrogen) atoms. The van der Waals surface area contributed by atoms with Crippen molar-refractivity contribution >= 4 is 17.4 Å². The van der Waals surface area contributed by atoms with E-state index in [0.717, 1.165) is 5.70 Å². The summed E-state index contributed by atoms with van der Waals surface area (Å²) in [5, 5.41) is 19.5. The minimum absolute atomic E-state index is 0.00833. The third-order valence-corrected chi connectivity index (χ3v) is 6.34. The van der Waals surface area contributed by atoms with Crippen LogP contribution in [0, 0.1) is 15.5 Å². The quantitative estimate of drug-likeness (QED) is 0.422. The molecule has 0 saturated carbocycles. The predicted octanol–water partition coefficient (Wildman–Crippen LogP) is 4.53. The number of carbonyl (C=O) groups excluding carboxylic acids is 1. The van der Waals surface area contributed by atoms with Gasteiger partial charge >= 0.3 is 0 Å². The van der Waals surface area contributed by atoms with E-state index >= 15 is 0 Å². The van der Waals surface area contributed by atoms with Gasteiger partial charge in [-0.2, -0.15) is 4.98 Å². The zero-order valence-electron chi connectivity index (χ0n) is 19.9. The summed E-state index contributed by atoms with van der Waals surface area (Å²) in [6.45, 7) is 4.10. The summed E-state index contributed by atoms with van der Waals surface area (Å²) in [6, 6.07) is 11.0. The van der Waals surface area contributed by atoms with Gasteiger partial charge in [0, 0.05) is 41.5 Å². The molecule has 10 nitrogen and oxygen atoms in total. The summed E-state index contributed by atoms with van der Waals surface area (Å²) >= 11 is 0. The first-order valence-corrected chi connectivity index (χ1v) is 11.2. The van der Waals surface area contributed by atoms with E-state index in [9.17, 15) is 14.9 Å². The molecule has 0 amide bonds. The van der Waals surface area contributed by atoms with Crippen molar-refractivity contribution in [3.63, 3.8) is 0 Å². The van der Waals surface area contributed by atoms with Crippen LogP contribution in [0.5, 0.6) is 11.5 Å². The van der Waals surface area contributed by atoms with Gasteiger partial charge < -0.3 is 14.8 Å². The Balaban J connectivity index is 1.69. The number of nitro groups is 1. The van der Waals surface area contributed by atoms with E-state index in [1.54, 1.807) is 49.2 Å². The first-order chi connectivity index (χ1) is 16.7. The Kier molecular flexibility index (Phi) is 5.31. The number of allylic oxidation sites excluding steroid dienone is 2. The van der Waals surface area contributed by atoms with Crippen LogP contribution in [-0.2, 0) is 4.79 Å². The second kappa shape index (κ2) is 8.23. The minimum atomic E-state index is -0.640. The fourth-order valence-corrected chi connectivity index (χ4v) is 4.78. The molecule has 1 N–H and O–H groups in total. The molecule has 0 spiro atoms. The van der Waals surface area contributed by atoms with Gasteiger partial charge in [-0.05, 0) is 29.5 Å². The molecule has 3 aromatic rings. The number of ether oxygens (including phenoxy) is 2. The molecule has 0 fully saturated rings. The summed E-state index contributed by atoms with van der Waals surface area (Å²) < 4.78 is 12.4. The van der Waals surface area contributed by atoms with E-state index in [0.29, 0.717) is 52.8 Å². The molecule has 1 aliphatic carbocycles. The Hall–Kier alpha value is -4.21. The van der Waals surface area contributed by atoms with E-state index in [-0.39, 0.29) is 16.9 Å². The number of rotatable bonds is 5. The van der Waals surface area contributed by atoms with Crippen LogP contribution < -0.4 is 14.8 Å². The third-order valence-electron chi connectivity index (χ3n) is 6.34. The Bertz CT molecular complexity index is 1370. The molecule has 10 heteroatoms. The van der Waals surface area contributed by atoms with Gasteiger partial charge in [0.15, 0.2) is 11.6 Å². The number of benzene rings is 2. The molecular formula is C25H25N5O5. The molecule has 0 radical (unpaired) electrons. The van der Waals surface area contributed by atoms with Crippen LogP contribution in [0.1, 0.15) is 38.3 Å². The van der Waals surface area contributed by atoms with Gasteiger partial charge in [0.05, 0.1) is 19.1 Å². The lowest BCUT2D eigenvalue weighted by atomic mass is 9.73. The number of fused-ring (bicyclic) bond motifs is 1. The summed E-state index contributed by atoms with van der Waals surface area (Å²) in [6.07, 6.45) is 1.03. The van der Waals surface area contributed by atoms with Crippen LogP contribution in [0.4, 0.5) is 11.6 Å². The van der Waals surface area contributed by atoms with Crippen molar-refractivity contribution in [2.75, 3.05) is 19.5 Å². The number of ketones is 1. The molecule has 1 aliphatic heterocycles. The highest BCUT2D eigenvalue weighted by Crippen LogP contribution is 2.46. The number of hydrogen-bond donors (Lipinski definition) is 1. The first-order valence-electron chi connectivity index (χ1n) is 11.2. The normalized spacial score (nSPS) is 18.4. The zero-order chi connectivity index (χ0) is 24.9. The molecule has 1 atom stereocenters. The summed E-state index contributed by atoms with van der Waals surface area (Å²) in [7, 11) is 3.13. The molecular weight excluding hydrogens is 450 g/mol. The van der Waals surface area contributed by atoms with Crippen molar-refractivity contribution in [3.8, 4) is 22.9 Å². The van der Waals surface area contributed by atoms with E-state index < -0.39 is 11.0 Å². The molecule has 180 valence electrons. The number of anilines is 1. The lowest BCUT2D eigenvalue weighted by Crippen LogP contribution is -2.36. The maximum atomic E-state index is 13.4. The molecule has 1 unspecified atom stereocenters. The Morgan fingerprint density at radius 3 is 2.49 bits per heavy atom.